The van der Waals surface area contributed by atoms with Crippen LogP contribution in [0.1, 0.15) is 10.4 Å². The molecule has 0 aliphatic rings. The van der Waals surface area contributed by atoms with Gasteiger partial charge in [-0.25, -0.2) is 0 Å². The lowest BCUT2D eigenvalue weighted by Crippen LogP contribution is -2.18. The van der Waals surface area contributed by atoms with Crippen LogP contribution in [0.15, 0.2) is 52.2 Å². The van der Waals surface area contributed by atoms with Gasteiger partial charge in [0.05, 0.1) is 12.0 Å². The SMILES string of the molecule is CNC(=O)c1ccc(NC(=O)CSc2n[nH]c(-c3ccco3)n2)cc1. The smallest absolute Gasteiger partial charge is 0.251 e. The van der Waals surface area contributed by atoms with Crippen molar-refractivity contribution in [2.45, 2.75) is 5.16 Å². The van der Waals surface area contributed by atoms with Crippen molar-refractivity contribution in [3.8, 4) is 11.6 Å². The van der Waals surface area contributed by atoms with Crippen molar-refractivity contribution >= 4 is 29.3 Å². The van der Waals surface area contributed by atoms with Gasteiger partial charge in [-0.3, -0.25) is 14.7 Å². The van der Waals surface area contributed by atoms with Crippen LogP contribution in [0.2, 0.25) is 0 Å². The third kappa shape index (κ3) is 4.27. The Hall–Kier alpha value is -3.07. The molecule has 3 rings (SSSR count). The van der Waals surface area contributed by atoms with Gasteiger partial charge < -0.3 is 15.1 Å². The molecule has 2 amide bonds. The van der Waals surface area contributed by atoms with Crippen molar-refractivity contribution in [3.63, 3.8) is 0 Å². The van der Waals surface area contributed by atoms with Crippen molar-refractivity contribution < 1.29 is 14.0 Å². The highest BCUT2D eigenvalue weighted by atomic mass is 32.2. The molecule has 0 radical (unpaired) electrons. The van der Waals surface area contributed by atoms with Gasteiger partial charge in [-0.05, 0) is 36.4 Å². The topological polar surface area (TPSA) is 113 Å². The fourth-order valence-corrected chi connectivity index (χ4v) is 2.61. The van der Waals surface area contributed by atoms with E-state index in [1.807, 2.05) is 0 Å². The van der Waals surface area contributed by atoms with Crippen LogP contribution in [-0.2, 0) is 4.79 Å². The molecule has 0 bridgehead atoms. The second-order valence-electron chi connectivity index (χ2n) is 4.94. The number of anilines is 1. The molecule has 3 N–H and O–H groups in total. The van der Waals surface area contributed by atoms with Crippen LogP contribution in [-0.4, -0.2) is 39.8 Å². The number of thioether (sulfide) groups is 1. The van der Waals surface area contributed by atoms with Crippen molar-refractivity contribution in [1.82, 2.24) is 20.5 Å². The normalized spacial score (nSPS) is 10.4. The first-order valence-corrected chi connectivity index (χ1v) is 8.35. The predicted molar refractivity (Wildman–Crippen MR) is 93.3 cm³/mol. The molecule has 0 saturated carbocycles. The van der Waals surface area contributed by atoms with E-state index in [2.05, 4.69) is 25.8 Å². The molecule has 0 aliphatic heterocycles. The van der Waals surface area contributed by atoms with E-state index in [0.717, 1.165) is 0 Å². The zero-order valence-electron chi connectivity index (χ0n) is 13.3. The number of aromatic nitrogens is 3. The van der Waals surface area contributed by atoms with Gasteiger partial charge in [0.1, 0.15) is 0 Å². The van der Waals surface area contributed by atoms with Gasteiger partial charge in [-0.15, -0.1) is 5.10 Å². The van der Waals surface area contributed by atoms with E-state index in [-0.39, 0.29) is 17.6 Å². The third-order valence-electron chi connectivity index (χ3n) is 3.21. The highest BCUT2D eigenvalue weighted by Gasteiger charge is 2.11. The lowest BCUT2D eigenvalue weighted by Gasteiger charge is -2.05. The van der Waals surface area contributed by atoms with Crippen LogP contribution in [0.5, 0.6) is 0 Å². The number of carbonyl (C=O) groups is 2. The Kier molecular flexibility index (Phi) is 5.14. The maximum Gasteiger partial charge on any atom is 0.251 e. The molecular weight excluding hydrogens is 342 g/mol. The van der Waals surface area contributed by atoms with Gasteiger partial charge in [0.25, 0.3) is 5.91 Å². The lowest BCUT2D eigenvalue weighted by atomic mass is 10.2. The standard InChI is InChI=1S/C16H15N5O3S/c1-17-15(23)10-4-6-11(7-5-10)18-13(22)9-25-16-19-14(20-21-16)12-3-2-8-24-12/h2-8H,9H2,1H3,(H,17,23)(H,18,22)(H,19,20,21). The predicted octanol–water partition coefficient (Wildman–Crippen LogP) is 2.16. The van der Waals surface area contributed by atoms with E-state index in [1.165, 1.54) is 11.8 Å². The van der Waals surface area contributed by atoms with Gasteiger partial charge in [0, 0.05) is 18.3 Å². The number of aromatic amines is 1. The number of amides is 2. The Bertz CT molecular complexity index is 858. The Morgan fingerprint density at radius 2 is 2.04 bits per heavy atom. The van der Waals surface area contributed by atoms with Gasteiger partial charge in [-0.1, -0.05) is 11.8 Å². The minimum Gasteiger partial charge on any atom is -0.461 e. The van der Waals surface area contributed by atoms with Crippen molar-refractivity contribution in [1.29, 1.82) is 0 Å². The maximum atomic E-state index is 12.0. The second kappa shape index (κ2) is 7.67. The summed E-state index contributed by atoms with van der Waals surface area (Å²) in [5.41, 5.74) is 1.14. The van der Waals surface area contributed by atoms with Crippen molar-refractivity contribution in [2.24, 2.45) is 0 Å². The van der Waals surface area contributed by atoms with Crippen LogP contribution < -0.4 is 10.6 Å². The number of H-pyrrole nitrogens is 1. The summed E-state index contributed by atoms with van der Waals surface area (Å²) in [6.07, 6.45) is 1.55. The van der Waals surface area contributed by atoms with Gasteiger partial charge in [-0.2, -0.15) is 4.98 Å². The zero-order chi connectivity index (χ0) is 17.6. The van der Waals surface area contributed by atoms with E-state index >= 15 is 0 Å². The highest BCUT2D eigenvalue weighted by Crippen LogP contribution is 2.19. The third-order valence-corrected chi connectivity index (χ3v) is 4.06. The van der Waals surface area contributed by atoms with Gasteiger partial charge >= 0.3 is 0 Å². The number of furan rings is 1. The maximum absolute atomic E-state index is 12.0. The van der Waals surface area contributed by atoms with Gasteiger partial charge in [0.15, 0.2) is 11.6 Å². The molecule has 0 atom stereocenters. The first-order valence-electron chi connectivity index (χ1n) is 7.37. The van der Waals surface area contributed by atoms with Gasteiger partial charge in [0.2, 0.25) is 11.1 Å². The van der Waals surface area contributed by atoms with E-state index in [0.29, 0.717) is 28.0 Å². The fourth-order valence-electron chi connectivity index (χ4n) is 2.01. The number of carbonyl (C=O) groups excluding carboxylic acids is 2. The molecule has 0 aliphatic carbocycles. The fraction of sp³-hybridized carbons (Fsp3) is 0.125. The van der Waals surface area contributed by atoms with E-state index in [9.17, 15) is 9.59 Å². The first-order chi connectivity index (χ1) is 12.2. The average molecular weight is 357 g/mol. The van der Waals surface area contributed by atoms with Crippen LogP contribution in [0.3, 0.4) is 0 Å². The molecule has 0 unspecified atom stereocenters. The first kappa shape index (κ1) is 16.8. The molecule has 2 heterocycles. The van der Waals surface area contributed by atoms with Crippen LogP contribution in [0, 0.1) is 0 Å². The molecule has 2 aromatic heterocycles. The van der Waals surface area contributed by atoms with Crippen molar-refractivity contribution in [3.05, 3.63) is 48.2 Å². The number of hydrogen-bond donors (Lipinski definition) is 3. The summed E-state index contributed by atoms with van der Waals surface area (Å²) in [7, 11) is 1.57. The molecule has 0 spiro atoms. The molecule has 0 saturated heterocycles. The molecule has 9 heteroatoms. The average Bonchev–Trinajstić information content (AvgIpc) is 3.31. The summed E-state index contributed by atoms with van der Waals surface area (Å²) >= 11 is 1.21. The molecule has 25 heavy (non-hydrogen) atoms. The summed E-state index contributed by atoms with van der Waals surface area (Å²) in [4.78, 5) is 27.7. The van der Waals surface area contributed by atoms with Crippen LogP contribution in [0.4, 0.5) is 5.69 Å². The highest BCUT2D eigenvalue weighted by molar-refractivity contribution is 7.99. The van der Waals surface area contributed by atoms with E-state index < -0.39 is 0 Å². The lowest BCUT2D eigenvalue weighted by molar-refractivity contribution is -0.113. The Morgan fingerprint density at radius 1 is 1.24 bits per heavy atom. The van der Waals surface area contributed by atoms with E-state index in [1.54, 1.807) is 49.7 Å². The summed E-state index contributed by atoms with van der Waals surface area (Å²) in [5.74, 6) is 0.886. The number of hydrogen-bond acceptors (Lipinski definition) is 6. The molecule has 0 fully saturated rings. The number of rotatable bonds is 6. The zero-order valence-corrected chi connectivity index (χ0v) is 14.1. The quantitative estimate of drug-likeness (QED) is 0.583. The monoisotopic (exact) mass is 357 g/mol. The summed E-state index contributed by atoms with van der Waals surface area (Å²) in [6.45, 7) is 0. The summed E-state index contributed by atoms with van der Waals surface area (Å²) < 4.78 is 5.22. The Morgan fingerprint density at radius 3 is 2.72 bits per heavy atom. The molecule has 3 aromatic rings. The van der Waals surface area contributed by atoms with Crippen LogP contribution in [0.25, 0.3) is 11.6 Å². The number of nitrogens with one attached hydrogen (secondary N) is 3. The Labute approximate surface area is 147 Å². The number of benzene rings is 1. The molecule has 128 valence electrons. The number of nitrogens with zero attached hydrogens (tertiary/aromatic N) is 2. The van der Waals surface area contributed by atoms with E-state index in [4.69, 9.17) is 4.42 Å². The van der Waals surface area contributed by atoms with Crippen LogP contribution >= 0.6 is 11.8 Å². The molecule has 1 aromatic carbocycles. The second-order valence-corrected chi connectivity index (χ2v) is 5.88. The molecule has 8 nitrogen and oxygen atoms in total. The summed E-state index contributed by atoms with van der Waals surface area (Å²) in [6, 6.07) is 10.2. The Balaban J connectivity index is 1.52. The minimum atomic E-state index is -0.193. The largest absolute Gasteiger partial charge is 0.461 e. The summed E-state index contributed by atoms with van der Waals surface area (Å²) in [5, 5.41) is 12.5. The minimum absolute atomic E-state index is 0.159. The molecular formula is C16H15N5O3S. The van der Waals surface area contributed by atoms with Crippen molar-refractivity contribution in [2.75, 3.05) is 18.1 Å².